The highest BCUT2D eigenvalue weighted by Crippen LogP contribution is 2.32. The van der Waals surface area contributed by atoms with Crippen LogP contribution >= 0.6 is 0 Å². The Morgan fingerprint density at radius 3 is 2.39 bits per heavy atom. The molecular formula is C23H22N2O6. The molecule has 0 bridgehead atoms. The highest BCUT2D eigenvalue weighted by molar-refractivity contribution is 5.94. The second-order valence-corrected chi connectivity index (χ2v) is 6.64. The number of carbonyl (C=O) groups excluding carboxylic acids is 1. The predicted molar refractivity (Wildman–Crippen MR) is 116 cm³/mol. The predicted octanol–water partition coefficient (Wildman–Crippen LogP) is 4.59. The van der Waals surface area contributed by atoms with E-state index in [0.717, 1.165) is 5.56 Å². The van der Waals surface area contributed by atoms with Gasteiger partial charge in [0, 0.05) is 11.8 Å². The Morgan fingerprint density at radius 1 is 1.03 bits per heavy atom. The summed E-state index contributed by atoms with van der Waals surface area (Å²) in [6.45, 7) is 1.99. The molecule has 1 amide bonds. The summed E-state index contributed by atoms with van der Waals surface area (Å²) < 4.78 is 16.5. The van der Waals surface area contributed by atoms with Gasteiger partial charge in [-0.3, -0.25) is 14.9 Å². The van der Waals surface area contributed by atoms with Crippen LogP contribution in [0.1, 0.15) is 12.5 Å². The third kappa shape index (κ3) is 5.96. The Morgan fingerprint density at radius 2 is 1.74 bits per heavy atom. The first-order valence-electron chi connectivity index (χ1n) is 9.53. The van der Waals surface area contributed by atoms with Gasteiger partial charge in [0.2, 0.25) is 0 Å². The molecule has 1 atom stereocenters. The van der Waals surface area contributed by atoms with Crippen LogP contribution in [0.15, 0.2) is 72.8 Å². The van der Waals surface area contributed by atoms with Gasteiger partial charge >= 0.3 is 0 Å². The van der Waals surface area contributed by atoms with Gasteiger partial charge in [-0.1, -0.05) is 30.3 Å². The van der Waals surface area contributed by atoms with Crippen molar-refractivity contribution in [3.63, 3.8) is 0 Å². The minimum absolute atomic E-state index is 0.115. The third-order valence-electron chi connectivity index (χ3n) is 4.40. The molecule has 0 aliphatic carbocycles. The number of nitrogens with one attached hydrogen (secondary N) is 1. The van der Waals surface area contributed by atoms with E-state index < -0.39 is 16.9 Å². The molecule has 0 radical (unpaired) electrons. The Labute approximate surface area is 179 Å². The van der Waals surface area contributed by atoms with Crippen LogP contribution < -0.4 is 19.5 Å². The summed E-state index contributed by atoms with van der Waals surface area (Å²) in [6.07, 6.45) is -0.912. The first kappa shape index (κ1) is 21.6. The van der Waals surface area contributed by atoms with Crippen molar-refractivity contribution in [3.05, 3.63) is 88.5 Å². The second-order valence-electron chi connectivity index (χ2n) is 6.64. The minimum atomic E-state index is -0.912. The number of nitro benzene ring substituents is 1. The third-order valence-corrected chi connectivity index (χ3v) is 4.40. The number of nitrogens with zero attached hydrogens (tertiary/aromatic N) is 1. The van der Waals surface area contributed by atoms with Crippen LogP contribution in [0.2, 0.25) is 0 Å². The first-order chi connectivity index (χ1) is 15.0. The SMILES string of the molecule is COc1ccc([N+](=O)[O-])cc1OC(C)C(=O)Nc1ccc(OCc2ccccc2)cc1. The van der Waals surface area contributed by atoms with Crippen molar-refractivity contribution in [1.29, 1.82) is 0 Å². The van der Waals surface area contributed by atoms with Crippen molar-refractivity contribution in [2.45, 2.75) is 19.6 Å². The molecule has 0 heterocycles. The molecular weight excluding hydrogens is 400 g/mol. The van der Waals surface area contributed by atoms with Gasteiger partial charge in [0.15, 0.2) is 17.6 Å². The van der Waals surface area contributed by atoms with Crippen molar-refractivity contribution < 1.29 is 23.9 Å². The summed E-state index contributed by atoms with van der Waals surface area (Å²) in [5, 5.41) is 13.7. The van der Waals surface area contributed by atoms with Gasteiger partial charge in [-0.15, -0.1) is 0 Å². The van der Waals surface area contributed by atoms with E-state index in [9.17, 15) is 14.9 Å². The molecule has 0 spiro atoms. The lowest BCUT2D eigenvalue weighted by Crippen LogP contribution is -2.30. The summed E-state index contributed by atoms with van der Waals surface area (Å²) >= 11 is 0. The zero-order chi connectivity index (χ0) is 22.2. The van der Waals surface area contributed by atoms with E-state index in [2.05, 4.69) is 5.32 Å². The van der Waals surface area contributed by atoms with Gasteiger partial charge in [-0.05, 0) is 42.8 Å². The van der Waals surface area contributed by atoms with E-state index in [1.165, 1.54) is 25.3 Å². The summed E-state index contributed by atoms with van der Waals surface area (Å²) in [6, 6.07) is 20.7. The van der Waals surface area contributed by atoms with Gasteiger partial charge in [0.25, 0.3) is 11.6 Å². The lowest BCUT2D eigenvalue weighted by Gasteiger charge is -2.16. The molecule has 31 heavy (non-hydrogen) atoms. The van der Waals surface area contributed by atoms with Crippen LogP contribution in [0.25, 0.3) is 0 Å². The number of rotatable bonds is 9. The molecule has 0 fully saturated rings. The largest absolute Gasteiger partial charge is 0.493 e. The Kier molecular flexibility index (Phi) is 7.05. The maximum Gasteiger partial charge on any atom is 0.273 e. The standard InChI is InChI=1S/C23H22N2O6/c1-16(31-22-14-19(25(27)28)10-13-21(22)29-2)23(26)24-18-8-11-20(12-9-18)30-15-17-6-4-3-5-7-17/h3-14,16H,15H2,1-2H3,(H,24,26). The molecule has 3 rings (SSSR count). The number of benzene rings is 3. The van der Waals surface area contributed by atoms with Crippen LogP contribution in [-0.4, -0.2) is 24.0 Å². The number of anilines is 1. The Bertz CT molecular complexity index is 1040. The fourth-order valence-electron chi connectivity index (χ4n) is 2.73. The smallest absolute Gasteiger partial charge is 0.273 e. The van der Waals surface area contributed by atoms with E-state index in [0.29, 0.717) is 23.8 Å². The molecule has 160 valence electrons. The molecule has 8 nitrogen and oxygen atoms in total. The fraction of sp³-hybridized carbons (Fsp3) is 0.174. The molecule has 0 aromatic heterocycles. The molecule has 1 unspecified atom stereocenters. The van der Waals surface area contributed by atoms with Crippen molar-refractivity contribution in [2.24, 2.45) is 0 Å². The van der Waals surface area contributed by atoms with Crippen LogP contribution in [0.4, 0.5) is 11.4 Å². The van der Waals surface area contributed by atoms with Crippen molar-refractivity contribution >= 4 is 17.3 Å². The van der Waals surface area contributed by atoms with E-state index in [1.807, 2.05) is 30.3 Å². The van der Waals surface area contributed by atoms with E-state index in [1.54, 1.807) is 31.2 Å². The van der Waals surface area contributed by atoms with Crippen LogP contribution in [0.5, 0.6) is 17.2 Å². The first-order valence-corrected chi connectivity index (χ1v) is 9.53. The lowest BCUT2D eigenvalue weighted by atomic mass is 10.2. The number of non-ortho nitro benzene ring substituents is 1. The summed E-state index contributed by atoms with van der Waals surface area (Å²) in [7, 11) is 1.42. The van der Waals surface area contributed by atoms with Gasteiger partial charge < -0.3 is 19.5 Å². The van der Waals surface area contributed by atoms with Crippen molar-refractivity contribution in [1.82, 2.24) is 0 Å². The zero-order valence-corrected chi connectivity index (χ0v) is 17.1. The topological polar surface area (TPSA) is 99.9 Å². The maximum atomic E-state index is 12.5. The number of ether oxygens (including phenoxy) is 3. The van der Waals surface area contributed by atoms with Gasteiger partial charge in [-0.2, -0.15) is 0 Å². The monoisotopic (exact) mass is 422 g/mol. The number of carbonyl (C=O) groups is 1. The normalized spacial score (nSPS) is 11.3. The number of methoxy groups -OCH3 is 1. The quantitative estimate of drug-likeness (QED) is 0.400. The molecule has 0 aliphatic heterocycles. The highest BCUT2D eigenvalue weighted by atomic mass is 16.6. The second kappa shape index (κ2) is 10.1. The minimum Gasteiger partial charge on any atom is -0.493 e. The van der Waals surface area contributed by atoms with E-state index in [-0.39, 0.29) is 11.4 Å². The average Bonchev–Trinajstić information content (AvgIpc) is 2.79. The molecule has 0 aliphatic rings. The van der Waals surface area contributed by atoms with Gasteiger partial charge in [0.05, 0.1) is 18.1 Å². The summed E-state index contributed by atoms with van der Waals surface area (Å²) in [5.41, 5.74) is 1.47. The van der Waals surface area contributed by atoms with Crippen molar-refractivity contribution in [3.8, 4) is 17.2 Å². The molecule has 3 aromatic rings. The average molecular weight is 422 g/mol. The van der Waals surface area contributed by atoms with Crippen LogP contribution in [-0.2, 0) is 11.4 Å². The molecule has 0 saturated carbocycles. The number of amides is 1. The maximum absolute atomic E-state index is 12.5. The Balaban J connectivity index is 1.58. The summed E-state index contributed by atoms with van der Waals surface area (Å²) in [5.74, 6) is 0.674. The highest BCUT2D eigenvalue weighted by Gasteiger charge is 2.19. The van der Waals surface area contributed by atoms with Crippen LogP contribution in [0, 0.1) is 10.1 Å². The Hall–Kier alpha value is -4.07. The number of nitro groups is 1. The van der Waals surface area contributed by atoms with Crippen molar-refractivity contribution in [2.75, 3.05) is 12.4 Å². The molecule has 8 heteroatoms. The molecule has 1 N–H and O–H groups in total. The fourth-order valence-corrected chi connectivity index (χ4v) is 2.73. The lowest BCUT2D eigenvalue weighted by molar-refractivity contribution is -0.385. The van der Waals surface area contributed by atoms with E-state index >= 15 is 0 Å². The number of hydrogen-bond donors (Lipinski definition) is 1. The zero-order valence-electron chi connectivity index (χ0n) is 17.1. The molecule has 3 aromatic carbocycles. The number of hydrogen-bond acceptors (Lipinski definition) is 6. The molecule has 0 saturated heterocycles. The van der Waals surface area contributed by atoms with Crippen LogP contribution in [0.3, 0.4) is 0 Å². The van der Waals surface area contributed by atoms with Gasteiger partial charge in [-0.25, -0.2) is 0 Å². The summed E-state index contributed by atoms with van der Waals surface area (Å²) in [4.78, 5) is 22.9. The van der Waals surface area contributed by atoms with E-state index in [4.69, 9.17) is 14.2 Å². The van der Waals surface area contributed by atoms with Gasteiger partial charge in [0.1, 0.15) is 12.4 Å².